The summed E-state index contributed by atoms with van der Waals surface area (Å²) in [6.45, 7) is 4.25. The number of hydrogen-bond donors (Lipinski definition) is 0. The van der Waals surface area contributed by atoms with Gasteiger partial charge in [-0.05, 0) is 88.2 Å². The fourth-order valence-electron chi connectivity index (χ4n) is 7.77. The maximum absolute atomic E-state index is 6.04. The molecule has 2 aliphatic rings. The van der Waals surface area contributed by atoms with Crippen LogP contribution in [0.25, 0.3) is 39.1 Å². The van der Waals surface area contributed by atoms with Crippen LogP contribution >= 0.6 is 0 Å². The van der Waals surface area contributed by atoms with E-state index < -0.39 is 0 Å². The van der Waals surface area contributed by atoms with Gasteiger partial charge in [-0.15, -0.1) is 0 Å². The molecular weight excluding hydrogens is 550 g/mol. The van der Waals surface area contributed by atoms with Gasteiger partial charge in [-0.2, -0.15) is 5.10 Å². The Morgan fingerprint density at radius 2 is 1.20 bits per heavy atom. The Morgan fingerprint density at radius 1 is 0.578 bits per heavy atom. The third kappa shape index (κ3) is 3.60. The van der Waals surface area contributed by atoms with Crippen molar-refractivity contribution in [2.75, 3.05) is 0 Å². The molecule has 0 saturated carbocycles. The molecule has 45 heavy (non-hydrogen) atoms. The fraction of sp³-hybridized carbons (Fsp3) is 0.0732. The zero-order valence-electron chi connectivity index (χ0n) is 25.0. The van der Waals surface area contributed by atoms with Crippen LogP contribution in [0.15, 0.2) is 140 Å². The molecule has 1 spiro atoms. The molecule has 7 aromatic rings. The lowest BCUT2D eigenvalue weighted by Crippen LogP contribution is -2.25. The highest BCUT2D eigenvalue weighted by atomic mass is 16.5. The van der Waals surface area contributed by atoms with Crippen molar-refractivity contribution in [3.8, 4) is 50.7 Å². The molecule has 9 rings (SSSR count). The number of nitrogens with zero attached hydrogens (tertiary/aromatic N) is 3. The minimum Gasteiger partial charge on any atom is -0.439 e. The number of aromatic nitrogens is 3. The first-order valence-electron chi connectivity index (χ1n) is 15.3. The van der Waals surface area contributed by atoms with Crippen LogP contribution in [0.4, 0.5) is 0 Å². The molecule has 0 N–H and O–H groups in total. The van der Waals surface area contributed by atoms with Gasteiger partial charge >= 0.3 is 0 Å². The van der Waals surface area contributed by atoms with Gasteiger partial charge in [-0.25, -0.2) is 9.67 Å². The van der Waals surface area contributed by atoms with Crippen molar-refractivity contribution in [2.24, 2.45) is 0 Å². The topological polar surface area (TPSA) is 39.9 Å². The Morgan fingerprint density at radius 3 is 1.84 bits per heavy atom. The molecule has 2 aromatic heterocycles. The second-order valence-electron chi connectivity index (χ2n) is 11.9. The van der Waals surface area contributed by atoms with Crippen molar-refractivity contribution in [1.29, 1.82) is 0 Å². The van der Waals surface area contributed by atoms with Crippen molar-refractivity contribution in [1.82, 2.24) is 14.8 Å². The fourth-order valence-corrected chi connectivity index (χ4v) is 7.77. The summed E-state index contributed by atoms with van der Waals surface area (Å²) in [6, 6.07) is 47.5. The molecule has 0 amide bonds. The van der Waals surface area contributed by atoms with Gasteiger partial charge in [0, 0.05) is 29.6 Å². The van der Waals surface area contributed by atoms with E-state index in [1.165, 1.54) is 50.1 Å². The van der Waals surface area contributed by atoms with Crippen LogP contribution in [-0.2, 0) is 5.41 Å². The third-order valence-electron chi connectivity index (χ3n) is 9.50. The van der Waals surface area contributed by atoms with Crippen LogP contribution in [0.1, 0.15) is 33.6 Å². The zero-order valence-corrected chi connectivity index (χ0v) is 25.0. The quantitative estimate of drug-likeness (QED) is 0.208. The van der Waals surface area contributed by atoms with Gasteiger partial charge in [0.1, 0.15) is 5.75 Å². The van der Waals surface area contributed by atoms with Crippen LogP contribution in [0.5, 0.6) is 11.6 Å². The van der Waals surface area contributed by atoms with Gasteiger partial charge in [0.15, 0.2) is 0 Å². The summed E-state index contributed by atoms with van der Waals surface area (Å²) in [5.74, 6) is 1.28. The lowest BCUT2D eigenvalue weighted by atomic mass is 9.70. The lowest BCUT2D eigenvalue weighted by Gasteiger charge is -2.30. The second kappa shape index (κ2) is 9.63. The van der Waals surface area contributed by atoms with E-state index in [0.717, 1.165) is 28.4 Å². The summed E-state index contributed by atoms with van der Waals surface area (Å²) in [7, 11) is 0. The van der Waals surface area contributed by atoms with Gasteiger partial charge in [0.25, 0.3) is 0 Å². The van der Waals surface area contributed by atoms with E-state index in [-0.39, 0.29) is 5.41 Å². The second-order valence-corrected chi connectivity index (χ2v) is 11.9. The van der Waals surface area contributed by atoms with Gasteiger partial charge < -0.3 is 4.74 Å². The zero-order chi connectivity index (χ0) is 30.1. The Hall–Kier alpha value is -5.74. The third-order valence-corrected chi connectivity index (χ3v) is 9.50. The molecule has 0 atom stereocenters. The first-order chi connectivity index (χ1) is 22.1. The van der Waals surface area contributed by atoms with Crippen LogP contribution < -0.4 is 4.74 Å². The number of fused-ring (bicyclic) bond motifs is 10. The standard InChI is InChI=1S/C41H29N3O/c1-26-40(27(2)44(43-26)29-12-11-13-30(25-29)45-39-20-9-10-23-42-39)28-21-22-34-33-16-5-8-19-37(33)41(38(34)24-28)35-17-6-3-14-31(35)32-15-4-7-18-36(32)41/h3-25H,1-2H3. The first kappa shape index (κ1) is 25.7. The monoisotopic (exact) mass is 579 g/mol. The van der Waals surface area contributed by atoms with Crippen LogP contribution in [-0.4, -0.2) is 14.8 Å². The lowest BCUT2D eigenvalue weighted by molar-refractivity contribution is 0.462. The van der Waals surface area contributed by atoms with Crippen LogP contribution in [0.2, 0.25) is 0 Å². The molecule has 0 aliphatic heterocycles. The number of rotatable bonds is 4. The van der Waals surface area contributed by atoms with Gasteiger partial charge in [0.2, 0.25) is 5.88 Å². The molecule has 0 bridgehead atoms. The van der Waals surface area contributed by atoms with E-state index in [2.05, 4.69) is 116 Å². The average Bonchev–Trinajstić information content (AvgIpc) is 3.67. The van der Waals surface area contributed by atoms with E-state index in [1.54, 1.807) is 6.20 Å². The summed E-state index contributed by atoms with van der Waals surface area (Å²) in [5.41, 5.74) is 15.6. The van der Waals surface area contributed by atoms with Crippen molar-refractivity contribution >= 4 is 0 Å². The van der Waals surface area contributed by atoms with E-state index in [4.69, 9.17) is 9.84 Å². The molecule has 0 unspecified atom stereocenters. The number of ether oxygens (including phenoxy) is 1. The summed E-state index contributed by atoms with van der Waals surface area (Å²) in [6.07, 6.45) is 1.73. The highest BCUT2D eigenvalue weighted by Gasteiger charge is 2.51. The van der Waals surface area contributed by atoms with E-state index in [9.17, 15) is 0 Å². The van der Waals surface area contributed by atoms with E-state index >= 15 is 0 Å². The molecule has 214 valence electrons. The molecule has 2 heterocycles. The molecule has 4 nitrogen and oxygen atoms in total. The molecule has 0 radical (unpaired) electrons. The predicted molar refractivity (Wildman–Crippen MR) is 179 cm³/mol. The minimum absolute atomic E-state index is 0.371. The molecule has 0 saturated heterocycles. The normalized spacial score (nSPS) is 13.3. The van der Waals surface area contributed by atoms with Crippen molar-refractivity contribution in [3.63, 3.8) is 0 Å². The highest BCUT2D eigenvalue weighted by molar-refractivity contribution is 5.96. The molecule has 0 fully saturated rings. The summed E-state index contributed by atoms with van der Waals surface area (Å²) >= 11 is 0. The first-order valence-corrected chi connectivity index (χ1v) is 15.3. The van der Waals surface area contributed by atoms with E-state index in [0.29, 0.717) is 5.88 Å². The summed E-state index contributed by atoms with van der Waals surface area (Å²) < 4.78 is 8.06. The number of aryl methyl sites for hydroxylation is 1. The molecule has 2 aliphatic carbocycles. The van der Waals surface area contributed by atoms with Gasteiger partial charge in [-0.3, -0.25) is 0 Å². The number of hydrogen-bond acceptors (Lipinski definition) is 3. The molecule has 5 aromatic carbocycles. The van der Waals surface area contributed by atoms with Crippen molar-refractivity contribution in [3.05, 3.63) is 173 Å². The summed E-state index contributed by atoms with van der Waals surface area (Å²) in [4.78, 5) is 4.31. The van der Waals surface area contributed by atoms with Crippen molar-refractivity contribution in [2.45, 2.75) is 19.3 Å². The Labute approximate surface area is 262 Å². The highest BCUT2D eigenvalue weighted by Crippen LogP contribution is 2.63. The number of pyridine rings is 1. The minimum atomic E-state index is -0.371. The maximum atomic E-state index is 6.04. The SMILES string of the molecule is Cc1nn(-c2cccc(Oc3ccccn3)c2)c(C)c1-c1ccc2c(c1)C1(c3ccccc3-c3ccccc31)c1ccccc1-2. The molecular formula is C41H29N3O. The van der Waals surface area contributed by atoms with Gasteiger partial charge in [0.05, 0.1) is 16.8 Å². The molecule has 4 heteroatoms. The van der Waals surface area contributed by atoms with Crippen LogP contribution in [0, 0.1) is 13.8 Å². The van der Waals surface area contributed by atoms with Gasteiger partial charge in [-0.1, -0.05) is 97.1 Å². The predicted octanol–water partition coefficient (Wildman–Crippen LogP) is 9.69. The number of benzene rings is 5. The average molecular weight is 580 g/mol. The van der Waals surface area contributed by atoms with Crippen molar-refractivity contribution < 1.29 is 4.74 Å². The largest absolute Gasteiger partial charge is 0.439 e. The Kier molecular flexibility index (Phi) is 5.51. The van der Waals surface area contributed by atoms with Crippen LogP contribution in [0.3, 0.4) is 0 Å². The smallest absolute Gasteiger partial charge is 0.219 e. The summed E-state index contributed by atoms with van der Waals surface area (Å²) in [5, 5.41) is 5.04. The maximum Gasteiger partial charge on any atom is 0.219 e. The Bertz CT molecular complexity index is 2220. The van der Waals surface area contributed by atoms with E-state index in [1.807, 2.05) is 41.1 Å². The Balaban J connectivity index is 1.22.